The molecule has 0 atom stereocenters. The van der Waals surface area contributed by atoms with Crippen molar-refractivity contribution in [1.29, 1.82) is 0 Å². The standard InChI is InChI=1S/C20H20FN3O4/c1-13-3-2-4-15(11-13)22-20(28)24-9-7-23(8-10-24)18(25)16-6-5-14(19(26)27)12-17(16)21/h2-6,11-12H,7-10H2,1H3,(H,22,28)(H,26,27). The minimum absolute atomic E-state index is 0.178. The third-order valence-corrected chi connectivity index (χ3v) is 4.57. The number of halogens is 1. The molecule has 2 N–H and O–H groups in total. The number of carboxylic acid groups (broad SMARTS) is 1. The highest BCUT2D eigenvalue weighted by Crippen LogP contribution is 2.16. The first-order valence-electron chi connectivity index (χ1n) is 8.80. The van der Waals surface area contributed by atoms with Crippen molar-refractivity contribution in [1.82, 2.24) is 9.80 Å². The summed E-state index contributed by atoms with van der Waals surface area (Å²) in [5, 5.41) is 11.7. The number of carbonyl (C=O) groups is 3. The van der Waals surface area contributed by atoms with Gasteiger partial charge in [-0.2, -0.15) is 0 Å². The quantitative estimate of drug-likeness (QED) is 0.850. The number of amides is 3. The van der Waals surface area contributed by atoms with E-state index in [1.54, 1.807) is 11.0 Å². The molecule has 2 aromatic carbocycles. The van der Waals surface area contributed by atoms with Crippen LogP contribution in [0.25, 0.3) is 0 Å². The van der Waals surface area contributed by atoms with E-state index in [9.17, 15) is 18.8 Å². The van der Waals surface area contributed by atoms with Crippen molar-refractivity contribution < 1.29 is 23.9 Å². The van der Waals surface area contributed by atoms with Gasteiger partial charge in [-0.25, -0.2) is 14.0 Å². The molecule has 0 aromatic heterocycles. The normalized spacial score (nSPS) is 13.9. The number of benzene rings is 2. The number of piperazine rings is 1. The van der Waals surface area contributed by atoms with Crippen LogP contribution in [0.3, 0.4) is 0 Å². The molecule has 1 saturated heterocycles. The van der Waals surface area contributed by atoms with E-state index < -0.39 is 17.7 Å². The Labute approximate surface area is 161 Å². The fourth-order valence-corrected chi connectivity index (χ4v) is 3.03. The number of carboxylic acids is 1. The highest BCUT2D eigenvalue weighted by Gasteiger charge is 2.26. The Morgan fingerprint density at radius 1 is 1.00 bits per heavy atom. The van der Waals surface area contributed by atoms with Gasteiger partial charge in [-0.15, -0.1) is 0 Å². The van der Waals surface area contributed by atoms with Crippen LogP contribution in [-0.4, -0.2) is 59.0 Å². The topological polar surface area (TPSA) is 90.0 Å². The molecule has 1 heterocycles. The molecular weight excluding hydrogens is 365 g/mol. The first-order chi connectivity index (χ1) is 13.3. The maximum atomic E-state index is 14.1. The van der Waals surface area contributed by atoms with Gasteiger partial charge in [-0.3, -0.25) is 4.79 Å². The van der Waals surface area contributed by atoms with Crippen LogP contribution in [0.5, 0.6) is 0 Å². The maximum absolute atomic E-state index is 14.1. The summed E-state index contributed by atoms with van der Waals surface area (Å²) in [7, 11) is 0. The third-order valence-electron chi connectivity index (χ3n) is 4.57. The van der Waals surface area contributed by atoms with Crippen LogP contribution in [0, 0.1) is 12.7 Å². The monoisotopic (exact) mass is 385 g/mol. The Balaban J connectivity index is 1.59. The minimum atomic E-state index is -1.26. The number of anilines is 1. The molecule has 3 rings (SSSR count). The summed E-state index contributed by atoms with van der Waals surface area (Å²) in [6, 6.07) is 10.4. The lowest BCUT2D eigenvalue weighted by Crippen LogP contribution is -2.51. The zero-order valence-corrected chi connectivity index (χ0v) is 15.3. The van der Waals surface area contributed by atoms with E-state index >= 15 is 0 Å². The van der Waals surface area contributed by atoms with E-state index in [-0.39, 0.29) is 30.2 Å². The fraction of sp³-hybridized carbons (Fsp3) is 0.250. The van der Waals surface area contributed by atoms with Gasteiger partial charge in [0.15, 0.2) is 0 Å². The average Bonchev–Trinajstić information content (AvgIpc) is 2.67. The zero-order chi connectivity index (χ0) is 20.3. The molecule has 7 nitrogen and oxygen atoms in total. The predicted molar refractivity (Wildman–Crippen MR) is 101 cm³/mol. The first kappa shape index (κ1) is 19.3. The van der Waals surface area contributed by atoms with Gasteiger partial charge in [0.25, 0.3) is 5.91 Å². The lowest BCUT2D eigenvalue weighted by molar-refractivity contribution is 0.0661. The molecule has 1 aliphatic heterocycles. The Morgan fingerprint density at radius 3 is 2.29 bits per heavy atom. The molecule has 1 fully saturated rings. The Kier molecular flexibility index (Phi) is 5.58. The molecule has 0 aliphatic carbocycles. The van der Waals surface area contributed by atoms with Crippen molar-refractivity contribution >= 4 is 23.6 Å². The van der Waals surface area contributed by atoms with E-state index in [0.717, 1.165) is 11.6 Å². The van der Waals surface area contributed by atoms with Gasteiger partial charge in [0.2, 0.25) is 0 Å². The zero-order valence-electron chi connectivity index (χ0n) is 15.3. The van der Waals surface area contributed by atoms with Crippen molar-refractivity contribution in [2.24, 2.45) is 0 Å². The summed E-state index contributed by atoms with van der Waals surface area (Å²) < 4.78 is 14.1. The number of urea groups is 1. The summed E-state index contributed by atoms with van der Waals surface area (Å²) in [4.78, 5) is 38.8. The number of carbonyl (C=O) groups excluding carboxylic acids is 2. The molecule has 3 amide bonds. The van der Waals surface area contributed by atoms with Gasteiger partial charge in [-0.1, -0.05) is 12.1 Å². The average molecular weight is 385 g/mol. The Morgan fingerprint density at radius 2 is 1.68 bits per heavy atom. The van der Waals surface area contributed by atoms with Crippen molar-refractivity contribution in [2.75, 3.05) is 31.5 Å². The third kappa shape index (κ3) is 4.28. The smallest absolute Gasteiger partial charge is 0.335 e. The molecule has 0 spiro atoms. The molecule has 1 aliphatic rings. The van der Waals surface area contributed by atoms with Crippen LogP contribution in [0.1, 0.15) is 26.3 Å². The van der Waals surface area contributed by atoms with Gasteiger partial charge >= 0.3 is 12.0 Å². The highest BCUT2D eigenvalue weighted by atomic mass is 19.1. The molecule has 2 aromatic rings. The van der Waals surface area contributed by atoms with Crippen molar-refractivity contribution in [2.45, 2.75) is 6.92 Å². The van der Waals surface area contributed by atoms with Crippen molar-refractivity contribution in [3.63, 3.8) is 0 Å². The molecule has 28 heavy (non-hydrogen) atoms. The molecule has 0 bridgehead atoms. The molecular formula is C20H20FN3O4. The molecule has 0 radical (unpaired) electrons. The van der Waals surface area contributed by atoms with Gasteiger partial charge in [0.05, 0.1) is 11.1 Å². The Bertz CT molecular complexity index is 923. The molecule has 146 valence electrons. The van der Waals surface area contributed by atoms with Gasteiger partial charge in [0.1, 0.15) is 5.82 Å². The summed E-state index contributed by atoms with van der Waals surface area (Å²) in [5.41, 5.74) is 1.34. The first-order valence-corrected chi connectivity index (χ1v) is 8.80. The summed E-state index contributed by atoms with van der Waals surface area (Å²) in [6.45, 7) is 3.10. The van der Waals surface area contributed by atoms with Crippen molar-refractivity contribution in [3.05, 3.63) is 65.0 Å². The summed E-state index contributed by atoms with van der Waals surface area (Å²) >= 11 is 0. The fourth-order valence-electron chi connectivity index (χ4n) is 3.03. The number of nitrogens with zero attached hydrogens (tertiary/aromatic N) is 2. The number of hydrogen-bond acceptors (Lipinski definition) is 3. The number of aromatic carboxylic acids is 1. The Hall–Kier alpha value is -3.42. The van der Waals surface area contributed by atoms with Gasteiger partial charge < -0.3 is 20.2 Å². The second-order valence-corrected chi connectivity index (χ2v) is 6.58. The minimum Gasteiger partial charge on any atom is -0.478 e. The number of nitrogens with one attached hydrogen (secondary N) is 1. The lowest BCUT2D eigenvalue weighted by Gasteiger charge is -2.34. The molecule has 0 saturated carbocycles. The van der Waals surface area contributed by atoms with Crippen LogP contribution in [-0.2, 0) is 0 Å². The number of hydrogen-bond donors (Lipinski definition) is 2. The van der Waals surface area contributed by atoms with Crippen LogP contribution < -0.4 is 5.32 Å². The van der Waals surface area contributed by atoms with Crippen LogP contribution >= 0.6 is 0 Å². The van der Waals surface area contributed by atoms with E-state index in [0.29, 0.717) is 18.8 Å². The van der Waals surface area contributed by atoms with Gasteiger partial charge in [0, 0.05) is 31.9 Å². The predicted octanol–water partition coefficient (Wildman–Crippen LogP) is 2.82. The van der Waals surface area contributed by atoms with E-state index in [1.807, 2.05) is 25.1 Å². The van der Waals surface area contributed by atoms with E-state index in [4.69, 9.17) is 5.11 Å². The highest BCUT2D eigenvalue weighted by molar-refractivity contribution is 5.96. The number of aryl methyl sites for hydroxylation is 1. The van der Waals surface area contributed by atoms with Crippen LogP contribution in [0.4, 0.5) is 14.9 Å². The van der Waals surface area contributed by atoms with Crippen molar-refractivity contribution in [3.8, 4) is 0 Å². The summed E-state index contributed by atoms with van der Waals surface area (Å²) in [5.74, 6) is -2.65. The number of rotatable bonds is 3. The van der Waals surface area contributed by atoms with Crippen LogP contribution in [0.15, 0.2) is 42.5 Å². The van der Waals surface area contributed by atoms with E-state index in [2.05, 4.69) is 5.32 Å². The van der Waals surface area contributed by atoms with Gasteiger partial charge in [-0.05, 0) is 42.8 Å². The molecule has 8 heteroatoms. The SMILES string of the molecule is Cc1cccc(NC(=O)N2CCN(C(=O)c3ccc(C(=O)O)cc3F)CC2)c1. The van der Waals surface area contributed by atoms with E-state index in [1.165, 1.54) is 17.0 Å². The largest absolute Gasteiger partial charge is 0.478 e. The lowest BCUT2D eigenvalue weighted by atomic mass is 10.1. The second-order valence-electron chi connectivity index (χ2n) is 6.58. The second kappa shape index (κ2) is 8.08. The maximum Gasteiger partial charge on any atom is 0.335 e. The van der Waals surface area contributed by atoms with Crippen LogP contribution in [0.2, 0.25) is 0 Å². The summed E-state index contributed by atoms with van der Waals surface area (Å²) in [6.07, 6.45) is 0. The molecule has 0 unspecified atom stereocenters.